The van der Waals surface area contributed by atoms with E-state index in [4.69, 9.17) is 14.2 Å². The van der Waals surface area contributed by atoms with Crippen LogP contribution in [0.25, 0.3) is 0 Å². The molecule has 1 aliphatic carbocycles. The van der Waals surface area contributed by atoms with E-state index in [1.807, 2.05) is 91.0 Å². The zero-order chi connectivity index (χ0) is 41.2. The number of benzene rings is 4. The molecule has 13 heteroatoms. The summed E-state index contributed by atoms with van der Waals surface area (Å²) >= 11 is 0. The van der Waals surface area contributed by atoms with Gasteiger partial charge in [-0.25, -0.2) is 4.79 Å². The molecule has 59 heavy (non-hydrogen) atoms. The van der Waals surface area contributed by atoms with Gasteiger partial charge in [0.1, 0.15) is 25.5 Å². The fourth-order valence-corrected chi connectivity index (χ4v) is 7.57. The van der Waals surface area contributed by atoms with Crippen molar-refractivity contribution in [2.45, 2.75) is 88.8 Å². The van der Waals surface area contributed by atoms with Crippen LogP contribution in [0.15, 0.2) is 121 Å². The average molecular weight is 809 g/mol. The van der Waals surface area contributed by atoms with Crippen LogP contribution in [-0.4, -0.2) is 46.5 Å². The van der Waals surface area contributed by atoms with Gasteiger partial charge in [0.05, 0.1) is 12.1 Å². The van der Waals surface area contributed by atoms with E-state index in [0.717, 1.165) is 16.7 Å². The molecule has 2 aliphatic rings. The first-order chi connectivity index (χ1) is 28.5. The number of hydrogen-bond donors (Lipinski definition) is 3. The number of hydrogen-bond acceptors (Lipinski definition) is 8. The van der Waals surface area contributed by atoms with Crippen LogP contribution in [-0.2, 0) is 31.1 Å². The van der Waals surface area contributed by atoms with Crippen molar-refractivity contribution in [3.05, 3.63) is 155 Å². The highest BCUT2D eigenvalue weighted by Gasteiger charge is 2.38. The third kappa shape index (κ3) is 11.2. The summed E-state index contributed by atoms with van der Waals surface area (Å²) in [5, 5.41) is 17.4. The fraction of sp³-hybridized carbons (Fsp3) is 0.326. The summed E-state index contributed by atoms with van der Waals surface area (Å²) in [6.45, 7) is 0.632. The Kier molecular flexibility index (Phi) is 13.1. The Balaban J connectivity index is 1.05. The summed E-state index contributed by atoms with van der Waals surface area (Å²) < 4.78 is 58.8. The van der Waals surface area contributed by atoms with Crippen molar-refractivity contribution < 1.29 is 42.1 Å². The largest absolute Gasteiger partial charge is 0.473 e. The predicted octanol–water partition coefficient (Wildman–Crippen LogP) is 8.97. The van der Waals surface area contributed by atoms with Crippen LogP contribution in [0.5, 0.6) is 11.8 Å². The van der Waals surface area contributed by atoms with Crippen molar-refractivity contribution in [2.75, 3.05) is 11.4 Å². The average Bonchev–Trinajstić information content (AvgIpc) is 3.59. The van der Waals surface area contributed by atoms with Crippen molar-refractivity contribution >= 4 is 17.7 Å². The number of pyridine rings is 1. The summed E-state index contributed by atoms with van der Waals surface area (Å²) in [6, 6.07) is 36.0. The zero-order valence-corrected chi connectivity index (χ0v) is 32.5. The maximum atomic E-state index is 14.1. The highest BCUT2D eigenvalue weighted by molar-refractivity contribution is 6.10. The number of ether oxygens (including phenoxy) is 3. The van der Waals surface area contributed by atoms with E-state index in [-0.39, 0.29) is 57.2 Å². The fourth-order valence-electron chi connectivity index (χ4n) is 7.57. The lowest BCUT2D eigenvalue weighted by Crippen LogP contribution is -2.48. The third-order valence-electron chi connectivity index (χ3n) is 10.8. The summed E-state index contributed by atoms with van der Waals surface area (Å²) in [5.41, 5.74) is 3.52. The monoisotopic (exact) mass is 808 g/mol. The number of aromatic nitrogens is 1. The molecular weight excluding hydrogens is 762 g/mol. The lowest BCUT2D eigenvalue weighted by Gasteiger charge is -2.38. The molecule has 1 aliphatic heterocycles. The Labute approximate surface area is 341 Å². The van der Waals surface area contributed by atoms with Gasteiger partial charge >= 0.3 is 12.3 Å². The lowest BCUT2D eigenvalue weighted by atomic mass is 9.81. The molecule has 308 valence electrons. The molecule has 1 atom stereocenters. The molecule has 1 aromatic heterocycles. The maximum Gasteiger partial charge on any atom is 0.407 e. The van der Waals surface area contributed by atoms with E-state index in [9.17, 15) is 27.9 Å². The molecule has 7 rings (SSSR count). The highest BCUT2D eigenvalue weighted by atomic mass is 19.4. The molecular formula is C46H47F3N4O6. The number of alkyl carbamates (subject to hydrolysis) is 1. The number of carbonyl (C=O) groups excluding carboxylic acids is 2. The van der Waals surface area contributed by atoms with Gasteiger partial charge in [-0.1, -0.05) is 103 Å². The Morgan fingerprint density at radius 3 is 2.05 bits per heavy atom. The van der Waals surface area contributed by atoms with E-state index in [2.05, 4.69) is 15.6 Å². The summed E-state index contributed by atoms with van der Waals surface area (Å²) in [5.74, 6) is 0.167. The Hall–Kier alpha value is -5.92. The standard InChI is InChI=1S/C46H47F3N4O6/c47-46(48,49)26-23-39(51-35-21-24-45(56,25-22-35)31-50-44(55)59-30-34-15-8-3-9-16-34)36-17-10-18-37-38(36)27-53(43(37)54)40-19-20-41(57-28-32-11-4-1-5-12-32)52-42(40)58-29-33-13-6-2-7-14-33/h1-20,35,39,51,56H,21-31H2,(H,50,55). The molecule has 4 aromatic carbocycles. The summed E-state index contributed by atoms with van der Waals surface area (Å²) in [6.07, 6.45) is -4.74. The number of nitrogens with one attached hydrogen (secondary N) is 2. The molecule has 2 amide bonds. The maximum absolute atomic E-state index is 14.1. The van der Waals surface area contributed by atoms with Gasteiger partial charge in [-0.05, 0) is 72.1 Å². The molecule has 5 aromatic rings. The number of rotatable bonds is 16. The van der Waals surface area contributed by atoms with Crippen molar-refractivity contribution in [1.82, 2.24) is 15.6 Å². The van der Waals surface area contributed by atoms with E-state index in [1.54, 1.807) is 35.2 Å². The van der Waals surface area contributed by atoms with Gasteiger partial charge in [0.15, 0.2) is 0 Å². The molecule has 0 bridgehead atoms. The zero-order valence-electron chi connectivity index (χ0n) is 32.5. The van der Waals surface area contributed by atoms with Crippen molar-refractivity contribution in [2.24, 2.45) is 0 Å². The van der Waals surface area contributed by atoms with Gasteiger partial charge in [0.2, 0.25) is 11.8 Å². The van der Waals surface area contributed by atoms with Crippen LogP contribution >= 0.6 is 0 Å². The smallest absolute Gasteiger partial charge is 0.407 e. The SMILES string of the molecule is O=C(NCC1(O)CCC(NC(CCC(F)(F)F)c2cccc3c2CN(c2ccc(OCc4ccccc4)nc2OCc2ccccc2)C3=O)CC1)OCc1ccccc1. The minimum absolute atomic E-state index is 0.0129. The summed E-state index contributed by atoms with van der Waals surface area (Å²) in [4.78, 5) is 32.7. The Morgan fingerprint density at radius 1 is 0.814 bits per heavy atom. The van der Waals surface area contributed by atoms with Gasteiger partial charge in [-0.3, -0.25) is 9.69 Å². The third-order valence-corrected chi connectivity index (χ3v) is 10.8. The number of halogens is 3. The van der Waals surface area contributed by atoms with Gasteiger partial charge in [-0.2, -0.15) is 18.2 Å². The topological polar surface area (TPSA) is 122 Å². The molecule has 0 spiro atoms. The lowest BCUT2D eigenvalue weighted by molar-refractivity contribution is -0.136. The number of aliphatic hydroxyl groups is 1. The van der Waals surface area contributed by atoms with Crippen LogP contribution in [0, 0.1) is 0 Å². The van der Waals surface area contributed by atoms with Crippen LogP contribution < -0.4 is 25.0 Å². The first-order valence-electron chi connectivity index (χ1n) is 19.8. The molecule has 10 nitrogen and oxygen atoms in total. The normalized spacial score (nSPS) is 18.2. The number of fused-ring (bicyclic) bond motifs is 1. The second kappa shape index (κ2) is 18.8. The number of anilines is 1. The quantitative estimate of drug-likeness (QED) is 0.0904. The Morgan fingerprint density at radius 2 is 1.42 bits per heavy atom. The van der Waals surface area contributed by atoms with Crippen LogP contribution in [0.4, 0.5) is 23.7 Å². The van der Waals surface area contributed by atoms with Gasteiger partial charge in [0, 0.05) is 36.7 Å². The van der Waals surface area contributed by atoms with Crippen LogP contribution in [0.3, 0.4) is 0 Å². The first kappa shape index (κ1) is 41.2. The minimum Gasteiger partial charge on any atom is -0.473 e. The second-order valence-corrected chi connectivity index (χ2v) is 15.1. The van der Waals surface area contributed by atoms with E-state index in [1.165, 1.54) is 0 Å². The van der Waals surface area contributed by atoms with E-state index < -0.39 is 30.3 Å². The van der Waals surface area contributed by atoms with Crippen LogP contribution in [0.1, 0.15) is 82.7 Å². The number of alkyl halides is 3. The molecule has 0 radical (unpaired) electrons. The Bertz CT molecular complexity index is 2170. The van der Waals surface area contributed by atoms with Crippen molar-refractivity contribution in [1.29, 1.82) is 0 Å². The number of amides is 2. The molecule has 1 saturated carbocycles. The highest BCUT2D eigenvalue weighted by Crippen LogP contribution is 2.40. The molecule has 3 N–H and O–H groups in total. The first-order valence-corrected chi connectivity index (χ1v) is 19.8. The van der Waals surface area contributed by atoms with Crippen molar-refractivity contribution in [3.63, 3.8) is 0 Å². The van der Waals surface area contributed by atoms with E-state index in [0.29, 0.717) is 53.9 Å². The second-order valence-electron chi connectivity index (χ2n) is 15.1. The minimum atomic E-state index is -4.39. The summed E-state index contributed by atoms with van der Waals surface area (Å²) in [7, 11) is 0. The number of carbonyl (C=O) groups is 2. The van der Waals surface area contributed by atoms with Crippen molar-refractivity contribution in [3.8, 4) is 11.8 Å². The molecule has 1 fully saturated rings. The van der Waals surface area contributed by atoms with E-state index >= 15 is 0 Å². The predicted molar refractivity (Wildman–Crippen MR) is 216 cm³/mol. The molecule has 0 saturated heterocycles. The molecule has 2 heterocycles. The van der Waals surface area contributed by atoms with Gasteiger partial charge < -0.3 is 30.0 Å². The number of nitrogens with zero attached hydrogens (tertiary/aromatic N) is 2. The van der Waals surface area contributed by atoms with Crippen LogP contribution in [0.2, 0.25) is 0 Å². The van der Waals surface area contributed by atoms with Gasteiger partial charge in [0.25, 0.3) is 5.91 Å². The van der Waals surface area contributed by atoms with Gasteiger partial charge in [-0.15, -0.1) is 0 Å². The molecule has 1 unspecified atom stereocenters.